The lowest BCUT2D eigenvalue weighted by Gasteiger charge is -2.23. The van der Waals surface area contributed by atoms with Crippen LogP contribution in [-0.4, -0.2) is 40.7 Å². The molecule has 1 fully saturated rings. The Morgan fingerprint density at radius 2 is 2.37 bits per heavy atom. The van der Waals surface area contributed by atoms with Gasteiger partial charge in [0, 0.05) is 31.3 Å². The molecule has 0 bridgehead atoms. The van der Waals surface area contributed by atoms with Crippen LogP contribution < -0.4 is 11.1 Å². The van der Waals surface area contributed by atoms with Gasteiger partial charge in [0.2, 0.25) is 0 Å². The van der Waals surface area contributed by atoms with Gasteiger partial charge in [0.15, 0.2) is 5.54 Å². The van der Waals surface area contributed by atoms with Crippen molar-refractivity contribution in [1.82, 2.24) is 10.3 Å². The second-order valence-electron chi connectivity index (χ2n) is 4.38. The molecule has 0 aliphatic carbocycles. The molecule has 1 aromatic rings. The summed E-state index contributed by atoms with van der Waals surface area (Å²) in [6, 6.07) is 3.06. The molecule has 0 saturated carbocycles. The summed E-state index contributed by atoms with van der Waals surface area (Å²) in [5.41, 5.74) is 5.01. The van der Waals surface area contributed by atoms with Crippen molar-refractivity contribution in [2.24, 2.45) is 5.73 Å². The van der Waals surface area contributed by atoms with E-state index in [1.54, 1.807) is 6.07 Å². The van der Waals surface area contributed by atoms with E-state index in [0.29, 0.717) is 17.9 Å². The van der Waals surface area contributed by atoms with Gasteiger partial charge in [-0.15, -0.1) is 0 Å². The van der Waals surface area contributed by atoms with Crippen LogP contribution in [0.1, 0.15) is 22.5 Å². The summed E-state index contributed by atoms with van der Waals surface area (Å²) < 4.78 is 5.08. The van der Waals surface area contributed by atoms with E-state index in [2.05, 4.69) is 10.3 Å². The van der Waals surface area contributed by atoms with Crippen molar-refractivity contribution >= 4 is 11.9 Å². The Bertz CT molecular complexity index is 498. The van der Waals surface area contributed by atoms with E-state index in [1.165, 1.54) is 12.3 Å². The number of carbonyl (C=O) groups excluding carboxylic acids is 1. The summed E-state index contributed by atoms with van der Waals surface area (Å²) in [4.78, 5) is 27.3. The Hall–Kier alpha value is -1.99. The summed E-state index contributed by atoms with van der Waals surface area (Å²) in [6.45, 7) is 0.508. The Morgan fingerprint density at radius 1 is 1.58 bits per heavy atom. The summed E-state index contributed by atoms with van der Waals surface area (Å²) in [5, 5.41) is 11.8. The molecular weight excluding hydrogens is 250 g/mol. The molecule has 102 valence electrons. The largest absolute Gasteiger partial charge is 0.479 e. The molecule has 0 aromatic carbocycles. The van der Waals surface area contributed by atoms with Crippen LogP contribution in [-0.2, 0) is 16.1 Å². The molecule has 7 nitrogen and oxygen atoms in total. The van der Waals surface area contributed by atoms with Gasteiger partial charge >= 0.3 is 5.97 Å². The van der Waals surface area contributed by atoms with Gasteiger partial charge in [-0.3, -0.25) is 9.78 Å². The molecule has 1 saturated heterocycles. The van der Waals surface area contributed by atoms with Gasteiger partial charge < -0.3 is 20.9 Å². The Kier molecular flexibility index (Phi) is 3.77. The van der Waals surface area contributed by atoms with Crippen LogP contribution in [0.25, 0.3) is 0 Å². The van der Waals surface area contributed by atoms with E-state index >= 15 is 0 Å². The minimum atomic E-state index is -1.34. The Balaban J connectivity index is 2.17. The maximum absolute atomic E-state index is 12.1. The predicted molar refractivity (Wildman–Crippen MR) is 65.4 cm³/mol. The predicted octanol–water partition coefficient (Wildman–Crippen LogP) is -0.486. The topological polar surface area (TPSA) is 115 Å². The normalized spacial score (nSPS) is 22.2. The van der Waals surface area contributed by atoms with Gasteiger partial charge in [-0.05, 0) is 12.1 Å². The van der Waals surface area contributed by atoms with Crippen molar-refractivity contribution in [3.05, 3.63) is 29.6 Å². The van der Waals surface area contributed by atoms with Gasteiger partial charge in [0.25, 0.3) is 5.91 Å². The fourth-order valence-electron chi connectivity index (χ4n) is 1.91. The third-order valence-corrected chi connectivity index (χ3v) is 3.07. The third kappa shape index (κ3) is 2.72. The zero-order chi connectivity index (χ0) is 13.9. The first-order chi connectivity index (χ1) is 9.07. The summed E-state index contributed by atoms with van der Waals surface area (Å²) in [6.07, 6.45) is 1.72. The number of carboxylic acids is 1. The van der Waals surface area contributed by atoms with E-state index < -0.39 is 17.4 Å². The summed E-state index contributed by atoms with van der Waals surface area (Å²) in [7, 11) is 0. The lowest BCUT2D eigenvalue weighted by atomic mass is 9.98. The van der Waals surface area contributed by atoms with E-state index in [1.807, 2.05) is 0 Å². The van der Waals surface area contributed by atoms with Crippen LogP contribution >= 0.6 is 0 Å². The highest BCUT2D eigenvalue weighted by molar-refractivity contribution is 5.98. The number of aromatic nitrogens is 1. The Morgan fingerprint density at radius 3 is 2.95 bits per heavy atom. The summed E-state index contributed by atoms with van der Waals surface area (Å²) in [5.74, 6) is -1.56. The highest BCUT2D eigenvalue weighted by atomic mass is 16.5. The number of carboxylic acid groups (broad SMARTS) is 1. The number of hydrogen-bond donors (Lipinski definition) is 3. The second-order valence-corrected chi connectivity index (χ2v) is 4.38. The van der Waals surface area contributed by atoms with Crippen LogP contribution in [0.15, 0.2) is 18.3 Å². The maximum atomic E-state index is 12.1. The van der Waals surface area contributed by atoms with Crippen molar-refractivity contribution in [1.29, 1.82) is 0 Å². The zero-order valence-electron chi connectivity index (χ0n) is 10.3. The number of carbonyl (C=O) groups is 2. The first kappa shape index (κ1) is 13.4. The number of nitrogens with two attached hydrogens (primary N) is 1. The standard InChI is InChI=1S/C12H15N3O4/c13-6-9-5-8(1-3-14-9)10(16)15-12(11(17)18)2-4-19-7-12/h1,3,5H,2,4,6-7,13H2,(H,15,16)(H,17,18). The molecule has 4 N–H and O–H groups in total. The highest BCUT2D eigenvalue weighted by Crippen LogP contribution is 2.19. The molecule has 0 radical (unpaired) electrons. The molecule has 0 spiro atoms. The van der Waals surface area contributed by atoms with Crippen LogP contribution in [0.4, 0.5) is 0 Å². The van der Waals surface area contributed by atoms with Crippen LogP contribution in [0.3, 0.4) is 0 Å². The van der Waals surface area contributed by atoms with Crippen LogP contribution in [0.5, 0.6) is 0 Å². The highest BCUT2D eigenvalue weighted by Gasteiger charge is 2.44. The molecule has 1 aromatic heterocycles. The van der Waals surface area contributed by atoms with Gasteiger partial charge in [0.05, 0.1) is 12.3 Å². The van der Waals surface area contributed by atoms with Gasteiger partial charge in [0.1, 0.15) is 0 Å². The fraction of sp³-hybridized carbons (Fsp3) is 0.417. The van der Waals surface area contributed by atoms with Crippen molar-refractivity contribution in [3.63, 3.8) is 0 Å². The molecule has 1 amide bonds. The second kappa shape index (κ2) is 5.33. The first-order valence-corrected chi connectivity index (χ1v) is 5.86. The van der Waals surface area contributed by atoms with Gasteiger partial charge in [-0.25, -0.2) is 4.79 Å². The Labute approximate surface area is 109 Å². The minimum Gasteiger partial charge on any atom is -0.479 e. The lowest BCUT2D eigenvalue weighted by Crippen LogP contribution is -2.55. The number of nitrogens with zero attached hydrogens (tertiary/aromatic N) is 1. The number of hydrogen-bond acceptors (Lipinski definition) is 5. The number of nitrogens with one attached hydrogen (secondary N) is 1. The SMILES string of the molecule is NCc1cc(C(=O)NC2(C(=O)O)CCOC2)ccn1. The maximum Gasteiger partial charge on any atom is 0.331 e. The molecule has 1 atom stereocenters. The average Bonchev–Trinajstić information content (AvgIpc) is 2.88. The van der Waals surface area contributed by atoms with E-state index in [9.17, 15) is 14.7 Å². The molecule has 1 aliphatic rings. The summed E-state index contributed by atoms with van der Waals surface area (Å²) >= 11 is 0. The number of aliphatic carboxylic acids is 1. The quantitative estimate of drug-likeness (QED) is 0.677. The van der Waals surface area contributed by atoms with E-state index in [4.69, 9.17) is 10.5 Å². The molecule has 7 heteroatoms. The molecule has 1 aliphatic heterocycles. The van der Waals surface area contributed by atoms with Crippen molar-refractivity contribution in [2.45, 2.75) is 18.5 Å². The van der Waals surface area contributed by atoms with Crippen molar-refractivity contribution in [3.8, 4) is 0 Å². The number of pyridine rings is 1. The smallest absolute Gasteiger partial charge is 0.331 e. The third-order valence-electron chi connectivity index (χ3n) is 3.07. The number of amides is 1. The molecule has 1 unspecified atom stereocenters. The monoisotopic (exact) mass is 265 g/mol. The van der Waals surface area contributed by atoms with Crippen molar-refractivity contribution < 1.29 is 19.4 Å². The van der Waals surface area contributed by atoms with E-state index in [0.717, 1.165) is 0 Å². The first-order valence-electron chi connectivity index (χ1n) is 5.86. The minimum absolute atomic E-state index is 0.0249. The fourth-order valence-corrected chi connectivity index (χ4v) is 1.91. The molecule has 19 heavy (non-hydrogen) atoms. The van der Waals surface area contributed by atoms with Gasteiger partial charge in [-0.1, -0.05) is 0 Å². The molecule has 2 rings (SSSR count). The van der Waals surface area contributed by atoms with E-state index in [-0.39, 0.29) is 19.6 Å². The molecule has 2 heterocycles. The average molecular weight is 265 g/mol. The zero-order valence-corrected chi connectivity index (χ0v) is 10.3. The molecular formula is C12H15N3O4. The van der Waals surface area contributed by atoms with Crippen LogP contribution in [0, 0.1) is 0 Å². The lowest BCUT2D eigenvalue weighted by molar-refractivity contribution is -0.144. The van der Waals surface area contributed by atoms with Crippen molar-refractivity contribution in [2.75, 3.05) is 13.2 Å². The number of rotatable bonds is 4. The van der Waals surface area contributed by atoms with Gasteiger partial charge in [-0.2, -0.15) is 0 Å². The number of ether oxygens (including phenoxy) is 1. The van der Waals surface area contributed by atoms with Crippen LogP contribution in [0.2, 0.25) is 0 Å².